The van der Waals surface area contributed by atoms with Crippen LogP contribution in [0.2, 0.25) is 5.02 Å². The molecule has 2 aromatic rings. The van der Waals surface area contributed by atoms with E-state index in [1.54, 1.807) is 0 Å². The van der Waals surface area contributed by atoms with E-state index in [2.05, 4.69) is 20.8 Å². The first-order chi connectivity index (χ1) is 11.9. The summed E-state index contributed by atoms with van der Waals surface area (Å²) in [6.07, 6.45) is 0. The summed E-state index contributed by atoms with van der Waals surface area (Å²) in [5, 5.41) is 14.2. The quantitative estimate of drug-likeness (QED) is 0.760. The number of halogens is 1. The molecular weight excluding hydrogens is 368 g/mol. The fourth-order valence-electron chi connectivity index (χ4n) is 1.90. The summed E-state index contributed by atoms with van der Waals surface area (Å²) < 4.78 is 10.5. The van der Waals surface area contributed by atoms with E-state index in [0.29, 0.717) is 29.0 Å². The Labute approximate surface area is 153 Å². The van der Waals surface area contributed by atoms with Crippen molar-refractivity contribution in [2.75, 3.05) is 24.4 Å². The van der Waals surface area contributed by atoms with Gasteiger partial charge >= 0.3 is 0 Å². The summed E-state index contributed by atoms with van der Waals surface area (Å²) in [7, 11) is 1.42. The van der Waals surface area contributed by atoms with Crippen molar-refractivity contribution in [2.45, 2.75) is 20.5 Å². The van der Waals surface area contributed by atoms with Gasteiger partial charge in [0, 0.05) is 19.6 Å². The summed E-state index contributed by atoms with van der Waals surface area (Å²) in [5.74, 6) is -0.464. The van der Waals surface area contributed by atoms with Gasteiger partial charge in [-0.05, 0) is 13.0 Å². The van der Waals surface area contributed by atoms with Gasteiger partial charge in [0.15, 0.2) is 0 Å². The normalized spacial score (nSPS) is 10.4. The number of carbonyl (C=O) groups excluding carboxylic acids is 2. The molecule has 8 nitrogen and oxygen atoms in total. The molecule has 0 saturated heterocycles. The van der Waals surface area contributed by atoms with Gasteiger partial charge in [0.2, 0.25) is 11.0 Å². The first-order valence-corrected chi connectivity index (χ1v) is 8.50. The highest BCUT2D eigenvalue weighted by atomic mass is 35.5. The number of amides is 2. The van der Waals surface area contributed by atoms with Gasteiger partial charge < -0.3 is 14.8 Å². The van der Waals surface area contributed by atoms with Crippen molar-refractivity contribution in [3.05, 3.63) is 27.7 Å². The molecule has 0 bridgehead atoms. The third-order valence-corrected chi connectivity index (χ3v) is 4.09. The fourth-order valence-corrected chi connectivity index (χ4v) is 2.78. The summed E-state index contributed by atoms with van der Waals surface area (Å²) in [4.78, 5) is 23.7. The van der Waals surface area contributed by atoms with Gasteiger partial charge in [-0.15, -0.1) is 10.2 Å². The molecular formula is C15H17ClN4O4S. The van der Waals surface area contributed by atoms with E-state index >= 15 is 0 Å². The highest BCUT2D eigenvalue weighted by Crippen LogP contribution is 2.31. The maximum absolute atomic E-state index is 12.5. The number of carbonyl (C=O) groups is 2. The lowest BCUT2D eigenvalue weighted by molar-refractivity contribution is -0.114. The summed E-state index contributed by atoms with van der Waals surface area (Å²) in [5.41, 5.74) is 0.570. The van der Waals surface area contributed by atoms with Gasteiger partial charge in [-0.1, -0.05) is 22.9 Å². The van der Waals surface area contributed by atoms with Crippen molar-refractivity contribution in [3.8, 4) is 5.75 Å². The van der Waals surface area contributed by atoms with Crippen LogP contribution in [0.25, 0.3) is 0 Å². The average Bonchev–Trinajstić information content (AvgIpc) is 3.01. The topological polar surface area (TPSA) is 102 Å². The SMILES string of the molecule is CCOCc1nnc(NC(=O)c2cc(Cl)c(NC(C)=O)cc2OC)s1. The number of nitrogens with zero attached hydrogens (tertiary/aromatic N) is 2. The van der Waals surface area contributed by atoms with Crippen LogP contribution in [0.4, 0.5) is 10.8 Å². The Hall–Kier alpha value is -2.23. The number of hydrogen-bond donors (Lipinski definition) is 2. The zero-order chi connectivity index (χ0) is 18.4. The minimum absolute atomic E-state index is 0.211. The van der Waals surface area contributed by atoms with Crippen LogP contribution in [0, 0.1) is 0 Å². The van der Waals surface area contributed by atoms with E-state index in [-0.39, 0.29) is 22.2 Å². The average molecular weight is 385 g/mol. The Bertz CT molecular complexity index is 781. The molecule has 2 rings (SSSR count). The largest absolute Gasteiger partial charge is 0.496 e. The summed E-state index contributed by atoms with van der Waals surface area (Å²) >= 11 is 7.33. The molecule has 0 fully saturated rings. The van der Waals surface area contributed by atoms with E-state index in [0.717, 1.165) is 0 Å². The number of ether oxygens (including phenoxy) is 2. The molecule has 134 valence electrons. The minimum Gasteiger partial charge on any atom is -0.496 e. The van der Waals surface area contributed by atoms with E-state index in [4.69, 9.17) is 21.1 Å². The lowest BCUT2D eigenvalue weighted by Gasteiger charge is -2.12. The van der Waals surface area contributed by atoms with Crippen molar-refractivity contribution >= 4 is 45.6 Å². The van der Waals surface area contributed by atoms with Crippen LogP contribution in [0.5, 0.6) is 5.75 Å². The highest BCUT2D eigenvalue weighted by molar-refractivity contribution is 7.15. The first kappa shape index (κ1) is 19.1. The van der Waals surface area contributed by atoms with Gasteiger partial charge in [0.05, 0.1) is 23.4 Å². The standard InChI is InChI=1S/C15H17ClN4O4S/c1-4-24-7-13-19-20-15(25-13)18-14(22)9-5-10(16)11(17-8(2)21)6-12(9)23-3/h5-6H,4,7H2,1-3H3,(H,17,21)(H,18,20,22). The zero-order valence-electron chi connectivity index (χ0n) is 13.9. The third-order valence-electron chi connectivity index (χ3n) is 2.96. The molecule has 0 radical (unpaired) electrons. The number of aromatic nitrogens is 2. The van der Waals surface area contributed by atoms with Crippen LogP contribution >= 0.6 is 22.9 Å². The molecule has 0 aliphatic carbocycles. The molecule has 0 aliphatic rings. The van der Waals surface area contributed by atoms with Crippen LogP contribution in [-0.4, -0.2) is 35.7 Å². The summed E-state index contributed by atoms with van der Waals surface area (Å²) in [6, 6.07) is 2.91. The second kappa shape index (κ2) is 8.75. The van der Waals surface area contributed by atoms with Crippen molar-refractivity contribution in [3.63, 3.8) is 0 Å². The molecule has 1 aromatic heterocycles. The number of hydrogen-bond acceptors (Lipinski definition) is 7. The fraction of sp³-hybridized carbons (Fsp3) is 0.333. The maximum Gasteiger partial charge on any atom is 0.261 e. The van der Waals surface area contributed by atoms with Crippen LogP contribution in [0.3, 0.4) is 0 Å². The van der Waals surface area contributed by atoms with Gasteiger partial charge in [-0.2, -0.15) is 0 Å². The van der Waals surface area contributed by atoms with E-state index in [1.165, 1.54) is 37.5 Å². The van der Waals surface area contributed by atoms with Crippen LogP contribution in [-0.2, 0) is 16.1 Å². The van der Waals surface area contributed by atoms with Gasteiger partial charge in [0.1, 0.15) is 17.4 Å². The molecule has 1 heterocycles. The molecule has 0 unspecified atom stereocenters. The van der Waals surface area contributed by atoms with Gasteiger partial charge in [-0.3, -0.25) is 14.9 Å². The van der Waals surface area contributed by atoms with Crippen LogP contribution in [0.1, 0.15) is 29.2 Å². The number of benzene rings is 1. The predicted molar refractivity (Wildman–Crippen MR) is 95.5 cm³/mol. The Morgan fingerprint density at radius 3 is 2.68 bits per heavy atom. The molecule has 25 heavy (non-hydrogen) atoms. The van der Waals surface area contributed by atoms with E-state index in [9.17, 15) is 9.59 Å². The van der Waals surface area contributed by atoms with Gasteiger partial charge in [-0.25, -0.2) is 0 Å². The second-order valence-electron chi connectivity index (χ2n) is 4.81. The number of methoxy groups -OCH3 is 1. The smallest absolute Gasteiger partial charge is 0.261 e. The van der Waals surface area contributed by atoms with Crippen LogP contribution in [0.15, 0.2) is 12.1 Å². The van der Waals surface area contributed by atoms with Crippen molar-refractivity contribution in [1.29, 1.82) is 0 Å². The minimum atomic E-state index is -0.452. The van der Waals surface area contributed by atoms with E-state index in [1.807, 2.05) is 6.92 Å². The van der Waals surface area contributed by atoms with Gasteiger partial charge in [0.25, 0.3) is 5.91 Å². The van der Waals surface area contributed by atoms with E-state index < -0.39 is 5.91 Å². The molecule has 0 aliphatic heterocycles. The Balaban J connectivity index is 2.19. The molecule has 0 spiro atoms. The molecule has 10 heteroatoms. The monoisotopic (exact) mass is 384 g/mol. The van der Waals surface area contributed by atoms with Crippen molar-refractivity contribution in [2.24, 2.45) is 0 Å². The van der Waals surface area contributed by atoms with Crippen LogP contribution < -0.4 is 15.4 Å². The molecule has 2 amide bonds. The zero-order valence-corrected chi connectivity index (χ0v) is 15.5. The summed E-state index contributed by atoms with van der Waals surface area (Å²) in [6.45, 7) is 4.14. The molecule has 0 saturated carbocycles. The number of rotatable bonds is 7. The molecule has 2 N–H and O–H groups in total. The van der Waals surface area contributed by atoms with Crippen molar-refractivity contribution in [1.82, 2.24) is 10.2 Å². The third kappa shape index (κ3) is 5.12. The first-order valence-electron chi connectivity index (χ1n) is 7.31. The number of anilines is 2. The Morgan fingerprint density at radius 2 is 2.04 bits per heavy atom. The molecule has 1 aromatic carbocycles. The Morgan fingerprint density at radius 1 is 1.28 bits per heavy atom. The maximum atomic E-state index is 12.5. The predicted octanol–water partition coefficient (Wildman–Crippen LogP) is 2.95. The Kier molecular flexibility index (Phi) is 6.68. The second-order valence-corrected chi connectivity index (χ2v) is 6.28. The molecule has 0 atom stereocenters. The lowest BCUT2D eigenvalue weighted by Crippen LogP contribution is -2.14. The number of nitrogens with one attached hydrogen (secondary N) is 2. The van der Waals surface area contributed by atoms with Crippen molar-refractivity contribution < 1.29 is 19.1 Å². The lowest BCUT2D eigenvalue weighted by atomic mass is 10.1. The highest BCUT2D eigenvalue weighted by Gasteiger charge is 2.18.